The second-order valence-corrected chi connectivity index (χ2v) is 8.00. The molecule has 3 heterocycles. The van der Waals surface area contributed by atoms with E-state index in [2.05, 4.69) is 44.3 Å². The first kappa shape index (κ1) is 15.2. The second-order valence-electron chi connectivity index (χ2n) is 7.02. The smallest absolute Gasteiger partial charge is 0.107 e. The number of rotatable bonds is 5. The van der Waals surface area contributed by atoms with Crippen LogP contribution in [0.4, 0.5) is 0 Å². The van der Waals surface area contributed by atoms with Gasteiger partial charge in [0.25, 0.3) is 0 Å². The van der Waals surface area contributed by atoms with Gasteiger partial charge in [0, 0.05) is 30.4 Å². The molecular formula is C18H24N4S. The molecule has 1 spiro atoms. The predicted molar refractivity (Wildman–Crippen MR) is 93.2 cm³/mol. The van der Waals surface area contributed by atoms with Crippen LogP contribution in [0, 0.1) is 5.41 Å². The fraction of sp³-hybridized carbons (Fsp3) is 0.556. The lowest BCUT2D eigenvalue weighted by Crippen LogP contribution is -2.37. The van der Waals surface area contributed by atoms with Crippen molar-refractivity contribution in [1.82, 2.24) is 19.8 Å². The summed E-state index contributed by atoms with van der Waals surface area (Å²) >= 11 is 1.77. The van der Waals surface area contributed by atoms with Crippen LogP contribution in [0.25, 0.3) is 0 Å². The minimum Gasteiger partial charge on any atom is -0.297 e. The Morgan fingerprint density at radius 3 is 2.83 bits per heavy atom. The number of nitrogens with zero attached hydrogens (tertiary/aromatic N) is 4. The third-order valence-corrected chi connectivity index (χ3v) is 6.27. The van der Waals surface area contributed by atoms with Crippen molar-refractivity contribution in [3.05, 3.63) is 46.7 Å². The van der Waals surface area contributed by atoms with Crippen LogP contribution in [0.3, 0.4) is 0 Å². The Hall–Kier alpha value is -1.30. The van der Waals surface area contributed by atoms with Gasteiger partial charge in [0.05, 0.1) is 12.2 Å². The number of piperidine rings is 1. The van der Waals surface area contributed by atoms with E-state index in [1.165, 1.54) is 43.1 Å². The number of hydrogen-bond donors (Lipinski definition) is 0. The summed E-state index contributed by atoms with van der Waals surface area (Å²) in [4.78, 5) is 14.0. The van der Waals surface area contributed by atoms with Crippen molar-refractivity contribution in [2.75, 3.05) is 20.1 Å². The van der Waals surface area contributed by atoms with Gasteiger partial charge in [-0.2, -0.15) is 0 Å². The van der Waals surface area contributed by atoms with E-state index in [1.54, 1.807) is 11.3 Å². The predicted octanol–water partition coefficient (Wildman–Crippen LogP) is 3.02. The van der Waals surface area contributed by atoms with E-state index in [9.17, 15) is 0 Å². The summed E-state index contributed by atoms with van der Waals surface area (Å²) in [6.07, 6.45) is 7.82. The SMILES string of the molecule is CN(Cc1nccs1)[C@@H]1CC12CCN(Cc1ccccn1)CC2. The molecule has 122 valence electrons. The summed E-state index contributed by atoms with van der Waals surface area (Å²) in [5, 5.41) is 3.31. The van der Waals surface area contributed by atoms with Gasteiger partial charge < -0.3 is 0 Å². The van der Waals surface area contributed by atoms with Gasteiger partial charge >= 0.3 is 0 Å². The summed E-state index contributed by atoms with van der Waals surface area (Å²) in [5.41, 5.74) is 1.77. The molecule has 0 radical (unpaired) electrons. The Morgan fingerprint density at radius 1 is 1.26 bits per heavy atom. The van der Waals surface area contributed by atoms with Crippen molar-refractivity contribution >= 4 is 11.3 Å². The van der Waals surface area contributed by atoms with Gasteiger partial charge in [-0.25, -0.2) is 4.98 Å². The average Bonchev–Trinajstić information content (AvgIpc) is 3.02. The van der Waals surface area contributed by atoms with Gasteiger partial charge in [-0.3, -0.25) is 14.8 Å². The molecule has 1 saturated heterocycles. The molecule has 1 saturated carbocycles. The number of likely N-dealkylation sites (tertiary alicyclic amines) is 1. The molecule has 1 atom stereocenters. The first-order valence-electron chi connectivity index (χ1n) is 8.46. The molecule has 2 aliphatic rings. The highest BCUT2D eigenvalue weighted by atomic mass is 32.1. The molecule has 23 heavy (non-hydrogen) atoms. The van der Waals surface area contributed by atoms with Crippen molar-refractivity contribution in [2.45, 2.75) is 38.4 Å². The molecular weight excluding hydrogens is 304 g/mol. The van der Waals surface area contributed by atoms with E-state index in [0.29, 0.717) is 5.41 Å². The minimum atomic E-state index is 0.576. The summed E-state index contributed by atoms with van der Waals surface area (Å²) in [6, 6.07) is 6.95. The van der Waals surface area contributed by atoms with Crippen LogP contribution in [-0.4, -0.2) is 45.9 Å². The molecule has 1 aliphatic carbocycles. The van der Waals surface area contributed by atoms with Crippen LogP contribution in [0.1, 0.15) is 30.0 Å². The molecule has 1 aliphatic heterocycles. The van der Waals surface area contributed by atoms with Crippen molar-refractivity contribution in [2.24, 2.45) is 5.41 Å². The van der Waals surface area contributed by atoms with E-state index in [1.807, 2.05) is 18.5 Å². The zero-order valence-electron chi connectivity index (χ0n) is 13.7. The average molecular weight is 328 g/mol. The van der Waals surface area contributed by atoms with Crippen LogP contribution < -0.4 is 0 Å². The molecule has 4 rings (SSSR count). The molecule has 0 N–H and O–H groups in total. The lowest BCUT2D eigenvalue weighted by molar-refractivity contribution is 0.138. The highest BCUT2D eigenvalue weighted by Crippen LogP contribution is 2.56. The maximum Gasteiger partial charge on any atom is 0.107 e. The van der Waals surface area contributed by atoms with Gasteiger partial charge in [-0.15, -0.1) is 11.3 Å². The third kappa shape index (κ3) is 3.32. The summed E-state index contributed by atoms with van der Waals surface area (Å²) in [6.45, 7) is 4.41. The van der Waals surface area contributed by atoms with Gasteiger partial charge in [0.2, 0.25) is 0 Å². The zero-order valence-corrected chi connectivity index (χ0v) is 14.5. The van der Waals surface area contributed by atoms with E-state index in [0.717, 1.165) is 19.1 Å². The molecule has 0 aromatic carbocycles. The number of pyridine rings is 1. The van der Waals surface area contributed by atoms with E-state index in [-0.39, 0.29) is 0 Å². The van der Waals surface area contributed by atoms with Gasteiger partial charge in [0.1, 0.15) is 5.01 Å². The van der Waals surface area contributed by atoms with Crippen molar-refractivity contribution < 1.29 is 0 Å². The van der Waals surface area contributed by atoms with Gasteiger partial charge in [-0.1, -0.05) is 6.07 Å². The van der Waals surface area contributed by atoms with Crippen LogP contribution in [0.5, 0.6) is 0 Å². The standard InChI is InChI=1S/C18H24N4S/c1-21(14-17-20-8-11-23-17)16-12-18(16)5-9-22(10-6-18)13-15-4-2-3-7-19-15/h2-4,7-8,11,16H,5-6,9-10,12-14H2,1H3/t16-/m1/s1. The fourth-order valence-electron chi connectivity index (χ4n) is 4.02. The van der Waals surface area contributed by atoms with Crippen LogP contribution in [-0.2, 0) is 13.1 Å². The first-order valence-corrected chi connectivity index (χ1v) is 9.34. The molecule has 0 amide bonds. The summed E-state index contributed by atoms with van der Waals surface area (Å²) in [7, 11) is 2.26. The largest absolute Gasteiger partial charge is 0.297 e. The Balaban J connectivity index is 1.28. The minimum absolute atomic E-state index is 0.576. The monoisotopic (exact) mass is 328 g/mol. The molecule has 0 unspecified atom stereocenters. The Morgan fingerprint density at radius 2 is 2.13 bits per heavy atom. The van der Waals surface area contributed by atoms with E-state index >= 15 is 0 Å². The molecule has 2 aromatic rings. The molecule has 4 nitrogen and oxygen atoms in total. The van der Waals surface area contributed by atoms with Gasteiger partial charge in [0.15, 0.2) is 0 Å². The Labute approximate surface area is 142 Å². The fourth-order valence-corrected chi connectivity index (χ4v) is 4.70. The number of aromatic nitrogens is 2. The normalized spacial score (nSPS) is 23.5. The van der Waals surface area contributed by atoms with E-state index < -0.39 is 0 Å². The molecule has 2 aromatic heterocycles. The quantitative estimate of drug-likeness (QED) is 0.844. The van der Waals surface area contributed by atoms with Crippen molar-refractivity contribution in [1.29, 1.82) is 0 Å². The molecule has 2 fully saturated rings. The van der Waals surface area contributed by atoms with Crippen molar-refractivity contribution in [3.8, 4) is 0 Å². The Bertz CT molecular complexity index is 620. The van der Waals surface area contributed by atoms with E-state index in [4.69, 9.17) is 0 Å². The first-order chi connectivity index (χ1) is 11.3. The topological polar surface area (TPSA) is 32.3 Å². The zero-order chi connectivity index (χ0) is 15.7. The summed E-state index contributed by atoms with van der Waals surface area (Å²) < 4.78 is 0. The second kappa shape index (κ2) is 6.30. The highest BCUT2D eigenvalue weighted by Gasteiger charge is 2.56. The lowest BCUT2D eigenvalue weighted by atomic mass is 9.92. The lowest BCUT2D eigenvalue weighted by Gasteiger charge is -2.33. The number of thiazole rings is 1. The maximum absolute atomic E-state index is 4.45. The van der Waals surface area contributed by atoms with Crippen LogP contribution in [0.2, 0.25) is 0 Å². The molecule has 5 heteroatoms. The highest BCUT2D eigenvalue weighted by molar-refractivity contribution is 7.09. The van der Waals surface area contributed by atoms with Crippen molar-refractivity contribution in [3.63, 3.8) is 0 Å². The van der Waals surface area contributed by atoms with Gasteiger partial charge in [-0.05, 0) is 56.9 Å². The maximum atomic E-state index is 4.45. The van der Waals surface area contributed by atoms with Crippen LogP contribution >= 0.6 is 11.3 Å². The van der Waals surface area contributed by atoms with Crippen LogP contribution in [0.15, 0.2) is 36.0 Å². The molecule has 0 bridgehead atoms. The third-order valence-electron chi connectivity index (χ3n) is 5.51. The number of hydrogen-bond acceptors (Lipinski definition) is 5. The Kier molecular flexibility index (Phi) is 4.18. The summed E-state index contributed by atoms with van der Waals surface area (Å²) in [5.74, 6) is 0.